The number of rotatable bonds is 3. The van der Waals surface area contributed by atoms with Gasteiger partial charge in [0.25, 0.3) is 0 Å². The zero-order valence-electron chi connectivity index (χ0n) is 11.4. The van der Waals surface area contributed by atoms with Gasteiger partial charge in [-0.25, -0.2) is 0 Å². The first-order chi connectivity index (χ1) is 9.52. The molecule has 0 bridgehead atoms. The van der Waals surface area contributed by atoms with Crippen LogP contribution >= 0.6 is 0 Å². The molecule has 2 atom stereocenters. The van der Waals surface area contributed by atoms with Gasteiger partial charge in [-0.3, -0.25) is 0 Å². The van der Waals surface area contributed by atoms with E-state index in [0.717, 1.165) is 31.9 Å². The molecule has 4 nitrogen and oxygen atoms in total. The lowest BCUT2D eigenvalue weighted by Gasteiger charge is -2.22. The van der Waals surface area contributed by atoms with Crippen molar-refractivity contribution in [3.05, 3.63) is 18.2 Å². The number of anilines is 2. The third-order valence-electron chi connectivity index (χ3n) is 4.25. The van der Waals surface area contributed by atoms with Crippen molar-refractivity contribution in [2.24, 2.45) is 11.8 Å². The predicted octanol–water partition coefficient (Wildman–Crippen LogP) is 1.87. The van der Waals surface area contributed by atoms with Crippen molar-refractivity contribution in [2.75, 3.05) is 43.9 Å². The summed E-state index contributed by atoms with van der Waals surface area (Å²) in [7, 11) is 2.14. The van der Waals surface area contributed by atoms with Crippen LogP contribution in [0, 0.1) is 11.8 Å². The Morgan fingerprint density at radius 1 is 1.20 bits per heavy atom. The van der Waals surface area contributed by atoms with Gasteiger partial charge >= 0.3 is 6.61 Å². The maximum absolute atomic E-state index is 12.3. The van der Waals surface area contributed by atoms with Crippen LogP contribution in [0.15, 0.2) is 18.2 Å². The number of halogens is 2. The van der Waals surface area contributed by atoms with Crippen LogP contribution in [-0.4, -0.2) is 44.7 Å². The minimum absolute atomic E-state index is 0.0617. The molecule has 20 heavy (non-hydrogen) atoms. The van der Waals surface area contributed by atoms with Crippen LogP contribution in [0.1, 0.15) is 0 Å². The minimum Gasteiger partial charge on any atom is -0.433 e. The number of alkyl halides is 2. The van der Waals surface area contributed by atoms with Crippen molar-refractivity contribution in [1.82, 2.24) is 4.90 Å². The molecule has 2 fully saturated rings. The molecule has 2 heterocycles. The normalized spacial score (nSPS) is 26.3. The molecule has 110 valence electrons. The van der Waals surface area contributed by atoms with Gasteiger partial charge in [-0.15, -0.1) is 0 Å². The third kappa shape index (κ3) is 2.52. The van der Waals surface area contributed by atoms with Gasteiger partial charge in [0.15, 0.2) is 5.75 Å². The van der Waals surface area contributed by atoms with Gasteiger partial charge in [0.2, 0.25) is 0 Å². The number of ether oxygens (including phenoxy) is 1. The van der Waals surface area contributed by atoms with Gasteiger partial charge in [-0.2, -0.15) is 8.78 Å². The molecule has 2 aliphatic heterocycles. The SMILES string of the molecule is CN1C[C@@H]2CN(c3ccc(N)c(OC(F)F)c3)C[C@@H]2C1. The van der Waals surface area contributed by atoms with E-state index in [-0.39, 0.29) is 11.4 Å². The van der Waals surface area contributed by atoms with Crippen molar-refractivity contribution in [2.45, 2.75) is 6.61 Å². The topological polar surface area (TPSA) is 41.7 Å². The monoisotopic (exact) mass is 283 g/mol. The van der Waals surface area contributed by atoms with E-state index >= 15 is 0 Å². The van der Waals surface area contributed by atoms with Gasteiger partial charge in [-0.05, 0) is 31.0 Å². The van der Waals surface area contributed by atoms with Gasteiger partial charge in [-0.1, -0.05) is 0 Å². The first kappa shape index (κ1) is 13.4. The van der Waals surface area contributed by atoms with Gasteiger partial charge < -0.3 is 20.3 Å². The Kier molecular flexibility index (Phi) is 3.41. The Morgan fingerprint density at radius 2 is 1.85 bits per heavy atom. The molecule has 1 aromatic rings. The molecule has 3 rings (SSSR count). The second-order valence-corrected chi connectivity index (χ2v) is 5.75. The molecule has 0 radical (unpaired) electrons. The summed E-state index contributed by atoms with van der Waals surface area (Å²) in [5.74, 6) is 1.39. The zero-order valence-corrected chi connectivity index (χ0v) is 11.4. The Morgan fingerprint density at radius 3 is 2.45 bits per heavy atom. The molecule has 6 heteroatoms. The van der Waals surface area contributed by atoms with E-state index in [0.29, 0.717) is 11.8 Å². The molecule has 0 spiro atoms. The van der Waals surface area contributed by atoms with Gasteiger partial charge in [0.05, 0.1) is 5.69 Å². The minimum atomic E-state index is -2.85. The van der Waals surface area contributed by atoms with Crippen molar-refractivity contribution in [3.63, 3.8) is 0 Å². The lowest BCUT2D eigenvalue weighted by atomic mass is 10.0. The molecular formula is C14H19F2N3O. The number of benzene rings is 1. The quantitative estimate of drug-likeness (QED) is 0.860. The summed E-state index contributed by atoms with van der Waals surface area (Å²) >= 11 is 0. The average Bonchev–Trinajstić information content (AvgIpc) is 2.88. The fourth-order valence-corrected chi connectivity index (χ4v) is 3.36. The summed E-state index contributed by atoms with van der Waals surface area (Å²) in [6, 6.07) is 5.12. The maximum Gasteiger partial charge on any atom is 0.387 e. The molecule has 0 saturated carbocycles. The van der Waals surface area contributed by atoms with Crippen molar-refractivity contribution in [1.29, 1.82) is 0 Å². The number of nitrogens with two attached hydrogens (primary N) is 1. The van der Waals surface area contributed by atoms with Gasteiger partial charge in [0.1, 0.15) is 0 Å². The van der Waals surface area contributed by atoms with Crippen LogP contribution in [0.25, 0.3) is 0 Å². The first-order valence-electron chi connectivity index (χ1n) is 6.81. The fourth-order valence-electron chi connectivity index (χ4n) is 3.36. The number of hydrogen-bond acceptors (Lipinski definition) is 4. The Labute approximate surface area is 117 Å². The molecule has 2 N–H and O–H groups in total. The molecule has 2 aliphatic rings. The van der Waals surface area contributed by atoms with E-state index in [1.54, 1.807) is 12.1 Å². The van der Waals surface area contributed by atoms with Crippen LogP contribution in [0.2, 0.25) is 0 Å². The molecule has 0 amide bonds. The highest BCUT2D eigenvalue weighted by atomic mass is 19.3. The van der Waals surface area contributed by atoms with Crippen molar-refractivity contribution in [3.8, 4) is 5.75 Å². The van der Waals surface area contributed by atoms with Crippen LogP contribution in [-0.2, 0) is 0 Å². The highest BCUT2D eigenvalue weighted by molar-refractivity contribution is 5.62. The molecular weight excluding hydrogens is 264 g/mol. The van der Waals surface area contributed by atoms with Crippen molar-refractivity contribution >= 4 is 11.4 Å². The Bertz CT molecular complexity index is 483. The van der Waals surface area contributed by atoms with E-state index in [1.165, 1.54) is 0 Å². The van der Waals surface area contributed by atoms with E-state index in [9.17, 15) is 8.78 Å². The van der Waals surface area contributed by atoms with Gasteiger partial charge in [0, 0.05) is 37.9 Å². The largest absolute Gasteiger partial charge is 0.433 e. The van der Waals surface area contributed by atoms with E-state index in [1.807, 2.05) is 6.07 Å². The fraction of sp³-hybridized carbons (Fsp3) is 0.571. The van der Waals surface area contributed by atoms with E-state index in [2.05, 4.69) is 21.6 Å². The average molecular weight is 283 g/mol. The summed E-state index contributed by atoms with van der Waals surface area (Å²) in [5.41, 5.74) is 6.82. The molecule has 1 aromatic carbocycles. The van der Waals surface area contributed by atoms with Crippen LogP contribution in [0.3, 0.4) is 0 Å². The van der Waals surface area contributed by atoms with E-state index < -0.39 is 6.61 Å². The zero-order chi connectivity index (χ0) is 14.3. The standard InChI is InChI=1S/C14H19F2N3O/c1-18-5-9-7-19(8-10(9)6-18)11-2-3-12(17)13(4-11)20-14(15)16/h2-4,9-10,14H,5-8,17H2,1H3/t9-,10+. The lowest BCUT2D eigenvalue weighted by Crippen LogP contribution is -2.26. The second-order valence-electron chi connectivity index (χ2n) is 5.75. The summed E-state index contributed by atoms with van der Waals surface area (Å²) in [6.07, 6.45) is 0. The first-order valence-corrected chi connectivity index (χ1v) is 6.81. The van der Waals surface area contributed by atoms with Crippen molar-refractivity contribution < 1.29 is 13.5 Å². The number of nitrogen functional groups attached to an aromatic ring is 1. The molecule has 0 aromatic heterocycles. The Hall–Kier alpha value is -1.56. The molecule has 0 unspecified atom stereocenters. The summed E-state index contributed by atoms with van der Waals surface area (Å²) < 4.78 is 29.1. The summed E-state index contributed by atoms with van der Waals surface area (Å²) in [5, 5.41) is 0. The van der Waals surface area contributed by atoms with Crippen LogP contribution in [0.4, 0.5) is 20.2 Å². The van der Waals surface area contributed by atoms with Crippen LogP contribution in [0.5, 0.6) is 5.75 Å². The molecule has 0 aliphatic carbocycles. The summed E-state index contributed by atoms with van der Waals surface area (Å²) in [6.45, 7) is 1.30. The number of fused-ring (bicyclic) bond motifs is 1. The number of hydrogen-bond donors (Lipinski definition) is 1. The highest BCUT2D eigenvalue weighted by Gasteiger charge is 2.38. The number of likely N-dealkylation sites (tertiary alicyclic amines) is 1. The Balaban J connectivity index is 1.75. The third-order valence-corrected chi connectivity index (χ3v) is 4.25. The number of nitrogens with zero attached hydrogens (tertiary/aromatic N) is 2. The van der Waals surface area contributed by atoms with Crippen LogP contribution < -0.4 is 15.4 Å². The maximum atomic E-state index is 12.3. The molecule has 2 saturated heterocycles. The summed E-state index contributed by atoms with van der Waals surface area (Å²) in [4.78, 5) is 4.58. The lowest BCUT2D eigenvalue weighted by molar-refractivity contribution is -0.0493. The smallest absolute Gasteiger partial charge is 0.387 e. The predicted molar refractivity (Wildman–Crippen MR) is 74.2 cm³/mol. The van der Waals surface area contributed by atoms with E-state index in [4.69, 9.17) is 5.73 Å². The second kappa shape index (κ2) is 5.09. The highest BCUT2D eigenvalue weighted by Crippen LogP contribution is 2.36.